The molecule has 6 nitrogen and oxygen atoms in total. The Morgan fingerprint density at radius 2 is 1.78 bits per heavy atom. The molecule has 0 aromatic heterocycles. The van der Waals surface area contributed by atoms with Gasteiger partial charge in [-0.25, -0.2) is 8.42 Å². The lowest BCUT2D eigenvalue weighted by molar-refractivity contribution is -0.137. The molecule has 0 atom stereocenters. The Bertz CT molecular complexity index is 1150. The molecule has 0 spiro atoms. The Kier molecular flexibility index (Phi) is 6.12. The first-order valence-electron chi connectivity index (χ1n) is 10.1. The summed E-state index contributed by atoms with van der Waals surface area (Å²) in [5.41, 5.74) is 0.527. The minimum Gasteiger partial charge on any atom is -0.362 e. The predicted molar refractivity (Wildman–Crippen MR) is 115 cm³/mol. The average molecular weight is 488 g/mol. The molecular formula is C21H21ClF3N3O3S. The molecule has 11 heteroatoms. The van der Waals surface area contributed by atoms with Crippen molar-refractivity contribution in [3.05, 3.63) is 52.5 Å². The topological polar surface area (TPSA) is 69.7 Å². The van der Waals surface area contributed by atoms with Crippen LogP contribution in [0.3, 0.4) is 0 Å². The quantitative estimate of drug-likeness (QED) is 0.688. The lowest BCUT2D eigenvalue weighted by Crippen LogP contribution is -2.32. The summed E-state index contributed by atoms with van der Waals surface area (Å²) in [6.45, 7) is 1.43. The second kappa shape index (κ2) is 8.57. The van der Waals surface area contributed by atoms with Gasteiger partial charge in [-0.05, 0) is 61.2 Å². The molecule has 0 saturated carbocycles. The number of hydrogen-bond acceptors (Lipinski definition) is 4. The molecule has 2 aromatic rings. The molecule has 0 unspecified atom stereocenters. The second-order valence-electron chi connectivity index (χ2n) is 7.81. The van der Waals surface area contributed by atoms with Gasteiger partial charge >= 0.3 is 6.18 Å². The molecule has 2 aliphatic rings. The summed E-state index contributed by atoms with van der Waals surface area (Å²) >= 11 is 5.95. The Hall–Kier alpha value is -2.30. The van der Waals surface area contributed by atoms with Crippen LogP contribution in [-0.2, 0) is 27.4 Å². The SMILES string of the molecule is O=C(CN1CCc2cc(S(=O)(=O)N3CCCC3)ccc21)Nc1cc(C(F)(F)F)ccc1Cl. The highest BCUT2D eigenvalue weighted by molar-refractivity contribution is 7.89. The number of halogens is 4. The number of fused-ring (bicyclic) bond motifs is 1. The van der Waals surface area contributed by atoms with E-state index in [0.717, 1.165) is 42.3 Å². The van der Waals surface area contributed by atoms with Crippen molar-refractivity contribution in [2.75, 3.05) is 36.4 Å². The van der Waals surface area contributed by atoms with Crippen molar-refractivity contribution in [3.63, 3.8) is 0 Å². The number of amides is 1. The highest BCUT2D eigenvalue weighted by Gasteiger charge is 2.32. The predicted octanol–water partition coefficient (Wildman–Crippen LogP) is 4.14. The van der Waals surface area contributed by atoms with Crippen LogP contribution in [0.15, 0.2) is 41.3 Å². The molecule has 0 aliphatic carbocycles. The van der Waals surface area contributed by atoms with E-state index in [0.29, 0.717) is 26.1 Å². The number of nitrogens with one attached hydrogen (secondary N) is 1. The van der Waals surface area contributed by atoms with Crippen LogP contribution in [0.4, 0.5) is 24.5 Å². The number of anilines is 2. The number of nitrogens with zero attached hydrogens (tertiary/aromatic N) is 2. The minimum absolute atomic E-state index is 0.00457. The van der Waals surface area contributed by atoms with E-state index in [1.54, 1.807) is 17.0 Å². The van der Waals surface area contributed by atoms with Crippen molar-refractivity contribution in [3.8, 4) is 0 Å². The maximum atomic E-state index is 12.9. The lowest BCUT2D eigenvalue weighted by Gasteiger charge is -2.20. The van der Waals surface area contributed by atoms with Gasteiger partial charge in [-0.2, -0.15) is 17.5 Å². The minimum atomic E-state index is -4.55. The zero-order valence-electron chi connectivity index (χ0n) is 17.0. The van der Waals surface area contributed by atoms with Crippen molar-refractivity contribution in [1.82, 2.24) is 4.31 Å². The summed E-state index contributed by atoms with van der Waals surface area (Å²) in [7, 11) is -3.53. The average Bonchev–Trinajstić information content (AvgIpc) is 3.39. The van der Waals surface area contributed by atoms with Gasteiger partial charge in [0.1, 0.15) is 0 Å². The fraction of sp³-hybridized carbons (Fsp3) is 0.381. The highest BCUT2D eigenvalue weighted by atomic mass is 35.5. The van der Waals surface area contributed by atoms with E-state index >= 15 is 0 Å². The van der Waals surface area contributed by atoms with Crippen LogP contribution < -0.4 is 10.2 Å². The number of hydrogen-bond donors (Lipinski definition) is 1. The molecule has 4 rings (SSSR count). The van der Waals surface area contributed by atoms with Gasteiger partial charge in [0, 0.05) is 25.3 Å². The summed E-state index contributed by atoms with van der Waals surface area (Å²) in [5, 5.41) is 2.44. The van der Waals surface area contributed by atoms with Crippen molar-refractivity contribution in [2.45, 2.75) is 30.3 Å². The van der Waals surface area contributed by atoms with Crippen LogP contribution >= 0.6 is 11.6 Å². The van der Waals surface area contributed by atoms with Crippen LogP contribution in [-0.4, -0.2) is 44.8 Å². The van der Waals surface area contributed by atoms with Gasteiger partial charge in [-0.3, -0.25) is 4.79 Å². The number of carbonyl (C=O) groups excluding carboxylic acids is 1. The molecule has 1 amide bonds. The van der Waals surface area contributed by atoms with E-state index in [4.69, 9.17) is 11.6 Å². The summed E-state index contributed by atoms with van der Waals surface area (Å²) < 4.78 is 65.9. The summed E-state index contributed by atoms with van der Waals surface area (Å²) in [5.74, 6) is -0.521. The number of rotatable bonds is 5. The molecule has 172 valence electrons. The van der Waals surface area contributed by atoms with E-state index in [1.807, 2.05) is 0 Å². The fourth-order valence-corrected chi connectivity index (χ4v) is 5.74. The van der Waals surface area contributed by atoms with Gasteiger partial charge in [0.2, 0.25) is 15.9 Å². The van der Waals surface area contributed by atoms with Crippen LogP contribution in [0.1, 0.15) is 24.0 Å². The normalized spacial score (nSPS) is 16.9. The molecule has 2 aromatic carbocycles. The third-order valence-electron chi connectivity index (χ3n) is 5.65. The van der Waals surface area contributed by atoms with Gasteiger partial charge in [0.25, 0.3) is 0 Å². The van der Waals surface area contributed by atoms with Gasteiger partial charge in [-0.1, -0.05) is 11.6 Å². The Balaban J connectivity index is 1.47. The van der Waals surface area contributed by atoms with Gasteiger partial charge in [-0.15, -0.1) is 0 Å². The molecule has 1 fully saturated rings. The molecule has 2 aliphatic heterocycles. The van der Waals surface area contributed by atoms with Crippen LogP contribution in [0, 0.1) is 0 Å². The Labute approximate surface area is 189 Å². The molecule has 0 bridgehead atoms. The third kappa shape index (κ3) is 4.57. The zero-order chi connectivity index (χ0) is 23.1. The van der Waals surface area contributed by atoms with E-state index in [-0.39, 0.29) is 22.2 Å². The first-order valence-corrected chi connectivity index (χ1v) is 11.9. The van der Waals surface area contributed by atoms with E-state index in [1.165, 1.54) is 10.4 Å². The van der Waals surface area contributed by atoms with Gasteiger partial charge in [0.15, 0.2) is 0 Å². The van der Waals surface area contributed by atoms with E-state index in [2.05, 4.69) is 5.32 Å². The molecule has 2 heterocycles. The Morgan fingerprint density at radius 3 is 2.47 bits per heavy atom. The molecular weight excluding hydrogens is 467 g/mol. The van der Waals surface area contributed by atoms with Crippen molar-refractivity contribution < 1.29 is 26.4 Å². The maximum Gasteiger partial charge on any atom is 0.416 e. The molecule has 1 N–H and O–H groups in total. The van der Waals surface area contributed by atoms with Gasteiger partial charge < -0.3 is 10.2 Å². The van der Waals surface area contributed by atoms with Gasteiger partial charge in [0.05, 0.1) is 27.7 Å². The Morgan fingerprint density at radius 1 is 1.06 bits per heavy atom. The summed E-state index contributed by atoms with van der Waals surface area (Å²) in [6.07, 6.45) is -2.28. The first-order chi connectivity index (χ1) is 15.1. The van der Waals surface area contributed by atoms with Crippen LogP contribution in [0.25, 0.3) is 0 Å². The highest BCUT2D eigenvalue weighted by Crippen LogP contribution is 2.34. The lowest BCUT2D eigenvalue weighted by atomic mass is 10.2. The van der Waals surface area contributed by atoms with Crippen molar-refractivity contribution in [2.24, 2.45) is 0 Å². The number of sulfonamides is 1. The van der Waals surface area contributed by atoms with E-state index < -0.39 is 27.7 Å². The molecule has 0 radical (unpaired) electrons. The number of benzene rings is 2. The molecule has 32 heavy (non-hydrogen) atoms. The fourth-order valence-electron chi connectivity index (χ4n) is 4.01. The maximum absolute atomic E-state index is 12.9. The number of carbonyl (C=O) groups is 1. The van der Waals surface area contributed by atoms with E-state index in [9.17, 15) is 26.4 Å². The monoisotopic (exact) mass is 487 g/mol. The van der Waals surface area contributed by atoms with Crippen LogP contribution in [0.5, 0.6) is 0 Å². The van der Waals surface area contributed by atoms with Crippen molar-refractivity contribution in [1.29, 1.82) is 0 Å². The number of alkyl halides is 3. The standard InChI is InChI=1S/C21H21ClF3N3O3S/c22-17-5-3-15(21(23,24)25)12-18(17)26-20(29)13-27-10-7-14-11-16(4-6-19(14)27)32(30,31)28-8-1-2-9-28/h3-6,11-12H,1-2,7-10,13H2,(H,26,29). The molecule has 1 saturated heterocycles. The summed E-state index contributed by atoms with van der Waals surface area (Å²) in [4.78, 5) is 14.5. The zero-order valence-corrected chi connectivity index (χ0v) is 18.5. The third-order valence-corrected chi connectivity index (χ3v) is 7.87. The smallest absolute Gasteiger partial charge is 0.362 e. The van der Waals surface area contributed by atoms with Crippen molar-refractivity contribution >= 4 is 38.9 Å². The largest absolute Gasteiger partial charge is 0.416 e. The van der Waals surface area contributed by atoms with Crippen LogP contribution in [0.2, 0.25) is 5.02 Å². The summed E-state index contributed by atoms with van der Waals surface area (Å²) in [6, 6.07) is 7.59. The first kappa shape index (κ1) is 22.9. The second-order valence-corrected chi connectivity index (χ2v) is 10.2.